The average molecular weight is 417 g/mol. The summed E-state index contributed by atoms with van der Waals surface area (Å²) in [4.78, 5) is 0.690. The van der Waals surface area contributed by atoms with Crippen LogP contribution >= 0.6 is 11.6 Å². The van der Waals surface area contributed by atoms with Crippen molar-refractivity contribution in [3.05, 3.63) is 70.5 Å². The molecule has 5 nitrogen and oxygen atoms in total. The third kappa shape index (κ3) is 4.08. The maximum atomic E-state index is 13.0. The molecule has 0 saturated heterocycles. The largest absolute Gasteiger partial charge is 0.490 e. The van der Waals surface area contributed by atoms with Gasteiger partial charge < -0.3 is 9.47 Å². The Hall–Kier alpha value is -2.31. The SMILES string of the molecule is Cc1nn(Cc2ccccc2)c(Cl)c1C[S@](=O)c1ccc2c(c1)OCCCO2. The van der Waals surface area contributed by atoms with E-state index in [1.807, 2.05) is 49.4 Å². The summed E-state index contributed by atoms with van der Waals surface area (Å²) in [6.07, 6.45) is 0.836. The maximum Gasteiger partial charge on any atom is 0.162 e. The van der Waals surface area contributed by atoms with Gasteiger partial charge in [-0.3, -0.25) is 4.21 Å². The lowest BCUT2D eigenvalue weighted by atomic mass is 10.2. The molecule has 0 radical (unpaired) electrons. The number of nitrogens with zero attached hydrogens (tertiary/aromatic N) is 2. The van der Waals surface area contributed by atoms with Gasteiger partial charge in [-0.1, -0.05) is 41.9 Å². The Labute approximate surface area is 171 Å². The van der Waals surface area contributed by atoms with Gasteiger partial charge in [-0.2, -0.15) is 5.10 Å². The molecule has 0 bridgehead atoms. The Morgan fingerprint density at radius 1 is 1.11 bits per heavy atom. The Morgan fingerprint density at radius 3 is 2.64 bits per heavy atom. The van der Waals surface area contributed by atoms with E-state index in [1.165, 1.54) is 0 Å². The number of fused-ring (bicyclic) bond motifs is 1. The van der Waals surface area contributed by atoms with Gasteiger partial charge >= 0.3 is 0 Å². The molecule has 0 aliphatic carbocycles. The number of halogens is 1. The topological polar surface area (TPSA) is 53.4 Å². The fourth-order valence-electron chi connectivity index (χ4n) is 3.12. The van der Waals surface area contributed by atoms with Crippen LogP contribution in [0.4, 0.5) is 0 Å². The molecule has 2 heterocycles. The molecular formula is C21H21ClN2O3S. The average Bonchev–Trinajstić information content (AvgIpc) is 2.89. The molecule has 7 heteroatoms. The number of rotatable bonds is 5. The first-order chi connectivity index (χ1) is 13.6. The minimum absolute atomic E-state index is 0.305. The molecule has 0 saturated carbocycles. The van der Waals surface area contributed by atoms with Crippen LogP contribution in [0.3, 0.4) is 0 Å². The molecule has 2 aromatic carbocycles. The summed E-state index contributed by atoms with van der Waals surface area (Å²) < 4.78 is 26.1. The summed E-state index contributed by atoms with van der Waals surface area (Å²) in [5.74, 6) is 1.65. The second kappa shape index (κ2) is 8.37. The Kier molecular flexibility index (Phi) is 5.69. The zero-order valence-electron chi connectivity index (χ0n) is 15.6. The van der Waals surface area contributed by atoms with E-state index in [1.54, 1.807) is 10.7 Å². The number of ether oxygens (including phenoxy) is 2. The van der Waals surface area contributed by atoms with Crippen molar-refractivity contribution in [2.75, 3.05) is 13.2 Å². The molecule has 0 unspecified atom stereocenters. The maximum absolute atomic E-state index is 13.0. The molecule has 0 fully saturated rings. The van der Waals surface area contributed by atoms with Gasteiger partial charge in [0.1, 0.15) is 5.15 Å². The van der Waals surface area contributed by atoms with E-state index in [-0.39, 0.29) is 0 Å². The third-order valence-corrected chi connectivity index (χ3v) is 6.37. The van der Waals surface area contributed by atoms with Gasteiger partial charge in [0.05, 0.1) is 42.0 Å². The molecule has 1 aromatic heterocycles. The second-order valence-corrected chi connectivity index (χ2v) is 8.46. The zero-order valence-corrected chi connectivity index (χ0v) is 17.1. The molecule has 0 spiro atoms. The minimum atomic E-state index is -1.27. The van der Waals surface area contributed by atoms with Gasteiger partial charge in [0.15, 0.2) is 11.5 Å². The highest BCUT2D eigenvalue weighted by molar-refractivity contribution is 7.84. The number of benzene rings is 2. The summed E-state index contributed by atoms with van der Waals surface area (Å²) in [5.41, 5.74) is 2.72. The standard InChI is InChI=1S/C21H21ClN2O3S/c1-15-18(21(22)24(23-15)13-16-6-3-2-4-7-16)14-28(25)17-8-9-19-20(12-17)27-11-5-10-26-19/h2-4,6-9,12H,5,10-11,13-14H2,1H3/t28-/m0/s1. The molecule has 146 valence electrons. The Bertz CT molecular complexity index is 1000. The van der Waals surface area contributed by atoms with Crippen LogP contribution in [-0.4, -0.2) is 27.2 Å². The van der Waals surface area contributed by atoms with Crippen LogP contribution in [0.5, 0.6) is 11.5 Å². The molecule has 1 atom stereocenters. The van der Waals surface area contributed by atoms with Crippen LogP contribution in [-0.2, 0) is 23.1 Å². The zero-order chi connectivity index (χ0) is 19.5. The minimum Gasteiger partial charge on any atom is -0.490 e. The van der Waals surface area contributed by atoms with Crippen molar-refractivity contribution >= 4 is 22.4 Å². The van der Waals surface area contributed by atoms with Crippen molar-refractivity contribution < 1.29 is 13.7 Å². The monoisotopic (exact) mass is 416 g/mol. The lowest BCUT2D eigenvalue weighted by Crippen LogP contribution is -2.02. The normalized spacial score (nSPS) is 14.5. The summed E-state index contributed by atoms with van der Waals surface area (Å²) in [5, 5.41) is 5.07. The predicted molar refractivity (Wildman–Crippen MR) is 110 cm³/mol. The fraction of sp³-hybridized carbons (Fsp3) is 0.286. The van der Waals surface area contributed by atoms with Gasteiger partial charge in [0, 0.05) is 22.9 Å². The fourth-order valence-corrected chi connectivity index (χ4v) is 4.73. The van der Waals surface area contributed by atoms with Gasteiger partial charge in [-0.05, 0) is 24.6 Å². The van der Waals surface area contributed by atoms with Crippen LogP contribution < -0.4 is 9.47 Å². The van der Waals surface area contributed by atoms with Crippen molar-refractivity contribution in [3.8, 4) is 11.5 Å². The Morgan fingerprint density at radius 2 is 1.86 bits per heavy atom. The van der Waals surface area contributed by atoms with Gasteiger partial charge in [-0.15, -0.1) is 0 Å². The van der Waals surface area contributed by atoms with E-state index in [2.05, 4.69) is 5.10 Å². The van der Waals surface area contributed by atoms with E-state index >= 15 is 0 Å². The number of aryl methyl sites for hydroxylation is 1. The van der Waals surface area contributed by atoms with Crippen molar-refractivity contribution in [1.82, 2.24) is 9.78 Å². The molecular weight excluding hydrogens is 396 g/mol. The van der Waals surface area contributed by atoms with Crippen LogP contribution in [0.2, 0.25) is 5.15 Å². The molecule has 28 heavy (non-hydrogen) atoms. The van der Waals surface area contributed by atoms with E-state index < -0.39 is 10.8 Å². The molecule has 0 amide bonds. The summed E-state index contributed by atoms with van der Waals surface area (Å²) in [6.45, 7) is 3.70. The second-order valence-electron chi connectivity index (χ2n) is 6.65. The molecule has 3 aromatic rings. The highest BCUT2D eigenvalue weighted by Crippen LogP contribution is 2.32. The van der Waals surface area contributed by atoms with Crippen LogP contribution in [0.15, 0.2) is 53.4 Å². The number of aromatic nitrogens is 2. The highest BCUT2D eigenvalue weighted by atomic mass is 35.5. The molecule has 1 aliphatic heterocycles. The molecule has 1 aliphatic rings. The lowest BCUT2D eigenvalue weighted by Gasteiger charge is -2.09. The predicted octanol–water partition coefficient (Wildman–Crippen LogP) is 4.36. The van der Waals surface area contributed by atoms with Crippen LogP contribution in [0, 0.1) is 6.92 Å². The van der Waals surface area contributed by atoms with E-state index in [9.17, 15) is 4.21 Å². The first-order valence-corrected chi connectivity index (χ1v) is 10.9. The lowest BCUT2D eigenvalue weighted by molar-refractivity contribution is 0.297. The number of hydrogen-bond acceptors (Lipinski definition) is 4. The quantitative estimate of drug-likeness (QED) is 0.620. The van der Waals surface area contributed by atoms with Crippen LogP contribution in [0.25, 0.3) is 0 Å². The van der Waals surface area contributed by atoms with Crippen molar-refractivity contribution in [3.63, 3.8) is 0 Å². The van der Waals surface area contributed by atoms with E-state index in [4.69, 9.17) is 21.1 Å². The van der Waals surface area contributed by atoms with Crippen molar-refractivity contribution in [2.24, 2.45) is 0 Å². The molecule has 0 N–H and O–H groups in total. The van der Waals surface area contributed by atoms with Gasteiger partial charge in [0.25, 0.3) is 0 Å². The first kappa shape index (κ1) is 19.0. The first-order valence-electron chi connectivity index (χ1n) is 9.15. The Balaban J connectivity index is 1.54. The smallest absolute Gasteiger partial charge is 0.162 e. The summed E-state index contributed by atoms with van der Waals surface area (Å²) in [6, 6.07) is 15.4. The van der Waals surface area contributed by atoms with Crippen molar-refractivity contribution in [1.29, 1.82) is 0 Å². The van der Waals surface area contributed by atoms with E-state index in [0.29, 0.717) is 47.1 Å². The number of hydrogen-bond donors (Lipinski definition) is 0. The van der Waals surface area contributed by atoms with Crippen molar-refractivity contribution in [2.45, 2.75) is 30.5 Å². The van der Waals surface area contributed by atoms with E-state index in [0.717, 1.165) is 23.2 Å². The molecule has 4 rings (SSSR count). The van der Waals surface area contributed by atoms with Gasteiger partial charge in [0.2, 0.25) is 0 Å². The highest BCUT2D eigenvalue weighted by Gasteiger charge is 2.19. The summed E-state index contributed by atoms with van der Waals surface area (Å²) >= 11 is 6.57. The van der Waals surface area contributed by atoms with Gasteiger partial charge in [-0.25, -0.2) is 4.68 Å². The van der Waals surface area contributed by atoms with Crippen LogP contribution in [0.1, 0.15) is 23.2 Å². The third-order valence-electron chi connectivity index (χ3n) is 4.62. The summed E-state index contributed by atoms with van der Waals surface area (Å²) in [7, 11) is -1.27.